The van der Waals surface area contributed by atoms with Gasteiger partial charge < -0.3 is 10.2 Å². The molecule has 2 aromatic rings. The number of carbonyl (C=O) groups excluding carboxylic acids is 1. The molecule has 0 heterocycles. The van der Waals surface area contributed by atoms with Crippen molar-refractivity contribution in [2.45, 2.75) is 44.1 Å². The first-order valence-corrected chi connectivity index (χ1v) is 9.77. The zero-order valence-electron chi connectivity index (χ0n) is 15.5. The summed E-state index contributed by atoms with van der Waals surface area (Å²) in [5.74, 6) is -0.174. The smallest absolute Gasteiger partial charge is 0.294 e. The van der Waals surface area contributed by atoms with Crippen molar-refractivity contribution in [3.8, 4) is 0 Å². The van der Waals surface area contributed by atoms with Crippen molar-refractivity contribution in [2.75, 3.05) is 6.54 Å². The van der Waals surface area contributed by atoms with Gasteiger partial charge in [0.1, 0.15) is 6.61 Å². The van der Waals surface area contributed by atoms with E-state index >= 15 is 0 Å². The summed E-state index contributed by atoms with van der Waals surface area (Å²) in [5.41, 5.74) is 2.21. The van der Waals surface area contributed by atoms with Crippen LogP contribution in [-0.2, 0) is 16.9 Å². The number of rotatable bonds is 7. The van der Waals surface area contributed by atoms with E-state index in [0.717, 1.165) is 36.8 Å². The molecule has 148 valence electrons. The molecular formula is C21H23ClN2O4. The number of hydrogen-bond acceptors (Lipinski definition) is 4. The summed E-state index contributed by atoms with van der Waals surface area (Å²) >= 11 is 6.14. The first kappa shape index (κ1) is 20.1. The molecule has 1 aliphatic rings. The van der Waals surface area contributed by atoms with Crippen LogP contribution in [0.5, 0.6) is 0 Å². The van der Waals surface area contributed by atoms with Crippen molar-refractivity contribution < 1.29 is 14.7 Å². The van der Waals surface area contributed by atoms with Crippen molar-refractivity contribution in [1.29, 1.82) is 0 Å². The Labute approximate surface area is 169 Å². The number of hydrogen-bond donors (Lipinski definition) is 1. The first-order chi connectivity index (χ1) is 13.5. The largest absolute Gasteiger partial charge is 0.351 e. The Kier molecular flexibility index (Phi) is 6.52. The number of nitrogens with zero attached hydrogens (tertiary/aromatic N) is 1. The standard InChI is InChI=1S/C21H23ClN2O4/c22-19-7-3-2-6-18(19)20(25)23-15-21(12-4-1-5-13-21)17-10-8-16(9-11-17)14-28-24(26)27/h2-3,6-11H,1,4-5,12-15H2,(H,23,25). The van der Waals surface area contributed by atoms with Gasteiger partial charge in [-0.1, -0.05) is 67.3 Å². The van der Waals surface area contributed by atoms with Gasteiger partial charge in [-0.3, -0.25) is 4.79 Å². The van der Waals surface area contributed by atoms with Gasteiger partial charge in [0.2, 0.25) is 0 Å². The van der Waals surface area contributed by atoms with Crippen LogP contribution >= 0.6 is 11.6 Å². The highest BCUT2D eigenvalue weighted by atomic mass is 35.5. The molecule has 0 aromatic heterocycles. The number of amides is 1. The first-order valence-electron chi connectivity index (χ1n) is 9.40. The predicted molar refractivity (Wildman–Crippen MR) is 107 cm³/mol. The molecule has 2 aromatic carbocycles. The minimum absolute atomic E-state index is 0.0660. The van der Waals surface area contributed by atoms with Gasteiger partial charge in [0.15, 0.2) is 0 Å². The highest BCUT2D eigenvalue weighted by molar-refractivity contribution is 6.33. The Morgan fingerprint density at radius 2 is 1.79 bits per heavy atom. The summed E-state index contributed by atoms with van der Waals surface area (Å²) in [6.45, 7) is 0.464. The fourth-order valence-corrected chi connectivity index (χ4v) is 4.09. The molecule has 1 N–H and O–H groups in total. The molecular weight excluding hydrogens is 380 g/mol. The average molecular weight is 403 g/mol. The maximum atomic E-state index is 12.6. The van der Waals surface area contributed by atoms with Gasteiger partial charge in [-0.25, -0.2) is 0 Å². The van der Waals surface area contributed by atoms with E-state index in [2.05, 4.69) is 10.2 Å². The Balaban J connectivity index is 1.74. The van der Waals surface area contributed by atoms with E-state index in [4.69, 9.17) is 11.6 Å². The van der Waals surface area contributed by atoms with Crippen LogP contribution in [0.3, 0.4) is 0 Å². The van der Waals surface area contributed by atoms with Gasteiger partial charge in [0.25, 0.3) is 11.0 Å². The zero-order chi connectivity index (χ0) is 20.0. The molecule has 0 aliphatic heterocycles. The normalized spacial score (nSPS) is 15.6. The third-order valence-electron chi connectivity index (χ3n) is 5.42. The Morgan fingerprint density at radius 3 is 2.43 bits per heavy atom. The maximum Gasteiger partial charge on any atom is 0.294 e. The molecule has 0 bridgehead atoms. The molecule has 7 heteroatoms. The van der Waals surface area contributed by atoms with Crippen molar-refractivity contribution in [3.63, 3.8) is 0 Å². The van der Waals surface area contributed by atoms with Crippen LogP contribution < -0.4 is 5.32 Å². The lowest BCUT2D eigenvalue weighted by Gasteiger charge is -2.38. The van der Waals surface area contributed by atoms with Crippen LogP contribution in [0.25, 0.3) is 0 Å². The molecule has 28 heavy (non-hydrogen) atoms. The topological polar surface area (TPSA) is 81.5 Å². The van der Waals surface area contributed by atoms with E-state index in [-0.39, 0.29) is 17.9 Å². The maximum absolute atomic E-state index is 12.6. The second-order valence-electron chi connectivity index (χ2n) is 7.20. The molecule has 1 aliphatic carbocycles. The molecule has 1 fully saturated rings. The van der Waals surface area contributed by atoms with Gasteiger partial charge in [0, 0.05) is 12.0 Å². The van der Waals surface area contributed by atoms with Gasteiger partial charge >= 0.3 is 0 Å². The minimum Gasteiger partial charge on any atom is -0.351 e. The van der Waals surface area contributed by atoms with Crippen molar-refractivity contribution in [2.24, 2.45) is 0 Å². The van der Waals surface area contributed by atoms with Crippen LogP contribution in [0.1, 0.15) is 53.6 Å². The number of halogens is 1. The quantitative estimate of drug-likeness (QED) is 0.538. The molecule has 3 rings (SSSR count). The van der Waals surface area contributed by atoms with E-state index in [1.165, 1.54) is 6.42 Å². The van der Waals surface area contributed by atoms with Crippen molar-refractivity contribution in [3.05, 3.63) is 80.4 Å². The van der Waals surface area contributed by atoms with Crippen molar-refractivity contribution in [1.82, 2.24) is 5.32 Å². The predicted octanol–water partition coefficient (Wildman–Crippen LogP) is 4.68. The SMILES string of the molecule is O=C(NCC1(c2ccc(CO[N+](=O)[O-])cc2)CCCCC1)c1ccccc1Cl. The minimum atomic E-state index is -0.791. The van der Waals surface area contributed by atoms with E-state index < -0.39 is 5.09 Å². The van der Waals surface area contributed by atoms with E-state index in [1.807, 2.05) is 24.3 Å². The zero-order valence-corrected chi connectivity index (χ0v) is 16.3. The lowest BCUT2D eigenvalue weighted by molar-refractivity contribution is -0.763. The summed E-state index contributed by atoms with van der Waals surface area (Å²) in [4.78, 5) is 27.4. The highest BCUT2D eigenvalue weighted by Gasteiger charge is 2.34. The summed E-state index contributed by atoms with van der Waals surface area (Å²) in [6, 6.07) is 14.7. The van der Waals surface area contributed by atoms with Crippen LogP contribution in [0, 0.1) is 10.1 Å². The van der Waals surface area contributed by atoms with E-state index in [0.29, 0.717) is 17.1 Å². The molecule has 0 atom stereocenters. The molecule has 0 unspecified atom stereocenters. The molecule has 6 nitrogen and oxygen atoms in total. The number of benzene rings is 2. The van der Waals surface area contributed by atoms with E-state index in [9.17, 15) is 14.9 Å². The number of nitrogens with one attached hydrogen (secondary N) is 1. The van der Waals surface area contributed by atoms with Crippen LogP contribution in [0.4, 0.5) is 0 Å². The van der Waals surface area contributed by atoms with E-state index in [1.54, 1.807) is 24.3 Å². The summed E-state index contributed by atoms with van der Waals surface area (Å²) in [6.07, 6.45) is 5.37. The Bertz CT molecular complexity index is 833. The Hall–Kier alpha value is -2.60. The van der Waals surface area contributed by atoms with Gasteiger partial charge in [-0.05, 0) is 36.1 Å². The summed E-state index contributed by atoms with van der Waals surface area (Å²) in [5, 5.41) is 13.1. The fraction of sp³-hybridized carbons (Fsp3) is 0.381. The van der Waals surface area contributed by atoms with Gasteiger partial charge in [-0.15, -0.1) is 10.1 Å². The monoisotopic (exact) mass is 402 g/mol. The molecule has 0 radical (unpaired) electrons. The average Bonchev–Trinajstić information content (AvgIpc) is 2.72. The summed E-state index contributed by atoms with van der Waals surface area (Å²) < 4.78 is 0. The van der Waals surface area contributed by atoms with Gasteiger partial charge in [-0.2, -0.15) is 0 Å². The molecule has 0 spiro atoms. The third-order valence-corrected chi connectivity index (χ3v) is 5.75. The molecule has 1 amide bonds. The highest BCUT2D eigenvalue weighted by Crippen LogP contribution is 2.39. The second kappa shape index (κ2) is 9.06. The molecule has 0 saturated heterocycles. The summed E-state index contributed by atoms with van der Waals surface area (Å²) in [7, 11) is 0. The van der Waals surface area contributed by atoms with Gasteiger partial charge in [0.05, 0.1) is 10.6 Å². The molecule has 1 saturated carbocycles. The third kappa shape index (κ3) is 4.81. The van der Waals surface area contributed by atoms with Crippen LogP contribution in [-0.4, -0.2) is 17.5 Å². The number of carbonyl (C=O) groups is 1. The van der Waals surface area contributed by atoms with Crippen LogP contribution in [0.2, 0.25) is 5.02 Å². The lowest BCUT2D eigenvalue weighted by atomic mass is 9.69. The Morgan fingerprint density at radius 1 is 1.11 bits per heavy atom. The lowest BCUT2D eigenvalue weighted by Crippen LogP contribution is -2.42. The second-order valence-corrected chi connectivity index (χ2v) is 7.60. The van der Waals surface area contributed by atoms with Crippen molar-refractivity contribution >= 4 is 17.5 Å². The fourth-order valence-electron chi connectivity index (χ4n) is 3.87. The van der Waals surface area contributed by atoms with Crippen LogP contribution in [0.15, 0.2) is 48.5 Å².